The fourth-order valence-electron chi connectivity index (χ4n) is 1.53. The van der Waals surface area contributed by atoms with Gasteiger partial charge in [-0.3, -0.25) is 9.69 Å². The predicted molar refractivity (Wildman–Crippen MR) is 71.8 cm³/mol. The third-order valence-corrected chi connectivity index (χ3v) is 2.55. The summed E-state index contributed by atoms with van der Waals surface area (Å²) in [6, 6.07) is 9.08. The van der Waals surface area contributed by atoms with Crippen molar-refractivity contribution in [3.63, 3.8) is 0 Å². The third-order valence-electron chi connectivity index (χ3n) is 2.55. The second-order valence-corrected chi connectivity index (χ2v) is 3.95. The molecule has 0 aliphatic rings. The van der Waals surface area contributed by atoms with Crippen molar-refractivity contribution in [2.75, 3.05) is 30.7 Å². The number of rotatable bonds is 6. The van der Waals surface area contributed by atoms with Gasteiger partial charge in [-0.15, -0.1) is 0 Å². The van der Waals surface area contributed by atoms with Gasteiger partial charge in [0, 0.05) is 24.3 Å². The molecule has 1 aromatic rings. The summed E-state index contributed by atoms with van der Waals surface area (Å²) in [6.45, 7) is 3.62. The highest BCUT2D eigenvalue weighted by atomic mass is 16.2. The Labute approximate surface area is 107 Å². The maximum absolute atomic E-state index is 11.8. The number of nitriles is 1. The minimum absolute atomic E-state index is 0.0837. The van der Waals surface area contributed by atoms with Crippen LogP contribution < -0.4 is 11.1 Å². The molecule has 3 N–H and O–H groups in total. The summed E-state index contributed by atoms with van der Waals surface area (Å²) in [5.41, 5.74) is 6.95. The Balaban J connectivity index is 2.45. The first kappa shape index (κ1) is 14.0. The minimum atomic E-state index is -0.0837. The number of benzene rings is 1. The lowest BCUT2D eigenvalue weighted by Gasteiger charge is -2.18. The fourth-order valence-corrected chi connectivity index (χ4v) is 1.53. The van der Waals surface area contributed by atoms with Crippen LogP contribution in [0.4, 0.5) is 11.4 Å². The largest absolute Gasteiger partial charge is 0.399 e. The molecular formula is C13H18N4O. The fraction of sp³-hybridized carbons (Fsp3) is 0.385. The van der Waals surface area contributed by atoms with Crippen LogP contribution in [0.1, 0.15) is 13.3 Å². The van der Waals surface area contributed by atoms with E-state index < -0.39 is 0 Å². The first-order valence-corrected chi connectivity index (χ1v) is 5.90. The second-order valence-electron chi connectivity index (χ2n) is 3.95. The van der Waals surface area contributed by atoms with Crippen molar-refractivity contribution >= 4 is 17.3 Å². The molecule has 0 aliphatic carbocycles. The van der Waals surface area contributed by atoms with Gasteiger partial charge in [-0.25, -0.2) is 0 Å². The molecule has 0 heterocycles. The van der Waals surface area contributed by atoms with Crippen molar-refractivity contribution in [2.45, 2.75) is 13.3 Å². The number of anilines is 2. The van der Waals surface area contributed by atoms with Crippen LogP contribution >= 0.6 is 0 Å². The Kier molecular flexibility index (Phi) is 5.68. The highest BCUT2D eigenvalue weighted by Gasteiger charge is 2.08. The third kappa shape index (κ3) is 4.85. The van der Waals surface area contributed by atoms with Gasteiger partial charge in [0.15, 0.2) is 0 Å². The molecule has 0 saturated carbocycles. The molecule has 0 atom stereocenters. The Bertz CT molecular complexity index is 422. The molecule has 1 rings (SSSR count). The van der Waals surface area contributed by atoms with Gasteiger partial charge in [0.1, 0.15) is 0 Å². The van der Waals surface area contributed by atoms with E-state index in [0.717, 1.165) is 12.2 Å². The van der Waals surface area contributed by atoms with E-state index in [9.17, 15) is 4.79 Å². The van der Waals surface area contributed by atoms with Crippen molar-refractivity contribution in [1.29, 1.82) is 5.26 Å². The average Bonchev–Trinajstić information content (AvgIpc) is 2.37. The average molecular weight is 246 g/mol. The van der Waals surface area contributed by atoms with Gasteiger partial charge in [-0.05, 0) is 30.8 Å². The zero-order chi connectivity index (χ0) is 13.4. The molecule has 1 amide bonds. The molecule has 0 aliphatic heterocycles. The van der Waals surface area contributed by atoms with Crippen molar-refractivity contribution < 1.29 is 4.79 Å². The molecule has 5 nitrogen and oxygen atoms in total. The summed E-state index contributed by atoms with van der Waals surface area (Å²) in [6.07, 6.45) is 0.434. The molecule has 0 aromatic heterocycles. The van der Waals surface area contributed by atoms with Crippen molar-refractivity contribution in [3.8, 4) is 6.07 Å². The quantitative estimate of drug-likeness (QED) is 0.744. The van der Waals surface area contributed by atoms with Crippen molar-refractivity contribution in [2.24, 2.45) is 0 Å². The number of amides is 1. The van der Waals surface area contributed by atoms with Crippen molar-refractivity contribution in [3.05, 3.63) is 24.3 Å². The monoisotopic (exact) mass is 246 g/mol. The number of carbonyl (C=O) groups excluding carboxylic acids is 1. The number of nitrogens with one attached hydrogen (secondary N) is 1. The van der Waals surface area contributed by atoms with Gasteiger partial charge in [0.2, 0.25) is 5.91 Å². The molecule has 5 heteroatoms. The van der Waals surface area contributed by atoms with Gasteiger partial charge < -0.3 is 11.1 Å². The lowest BCUT2D eigenvalue weighted by Crippen LogP contribution is -2.33. The van der Waals surface area contributed by atoms with E-state index in [1.165, 1.54) is 0 Å². The van der Waals surface area contributed by atoms with Crippen LogP contribution in [-0.2, 0) is 4.79 Å². The van der Waals surface area contributed by atoms with Gasteiger partial charge in [-0.1, -0.05) is 6.92 Å². The van der Waals surface area contributed by atoms with E-state index in [-0.39, 0.29) is 5.91 Å². The highest BCUT2D eigenvalue weighted by molar-refractivity contribution is 5.92. The standard InChI is InChI=1S/C13H18N4O/c1-2-17(9-3-8-14)10-13(18)16-12-6-4-11(15)5-7-12/h4-7H,2-3,9-10,15H2,1H3,(H,16,18). The maximum atomic E-state index is 11.8. The minimum Gasteiger partial charge on any atom is -0.399 e. The number of nitrogens with zero attached hydrogens (tertiary/aromatic N) is 2. The maximum Gasteiger partial charge on any atom is 0.238 e. The van der Waals surface area contributed by atoms with Gasteiger partial charge in [-0.2, -0.15) is 5.26 Å². The van der Waals surface area contributed by atoms with E-state index in [0.29, 0.717) is 25.2 Å². The molecule has 0 spiro atoms. The zero-order valence-corrected chi connectivity index (χ0v) is 10.5. The van der Waals surface area contributed by atoms with Crippen LogP contribution in [-0.4, -0.2) is 30.4 Å². The zero-order valence-electron chi connectivity index (χ0n) is 10.5. The van der Waals surface area contributed by atoms with E-state index in [1.54, 1.807) is 24.3 Å². The van der Waals surface area contributed by atoms with Gasteiger partial charge in [0.25, 0.3) is 0 Å². The molecule has 0 bridgehead atoms. The van der Waals surface area contributed by atoms with Crippen LogP contribution in [0.3, 0.4) is 0 Å². The summed E-state index contributed by atoms with van der Waals surface area (Å²) < 4.78 is 0. The molecule has 0 unspecified atom stereocenters. The summed E-state index contributed by atoms with van der Waals surface area (Å²) >= 11 is 0. The number of likely N-dealkylation sites (N-methyl/N-ethyl adjacent to an activating group) is 1. The molecule has 96 valence electrons. The molecule has 0 saturated heterocycles. The van der Waals surface area contributed by atoms with E-state index >= 15 is 0 Å². The second kappa shape index (κ2) is 7.30. The molecule has 1 aromatic carbocycles. The van der Waals surface area contributed by atoms with Crippen LogP contribution in [0.2, 0.25) is 0 Å². The first-order chi connectivity index (χ1) is 8.65. The van der Waals surface area contributed by atoms with Crippen LogP contribution in [0, 0.1) is 11.3 Å². The number of carbonyl (C=O) groups is 1. The normalized spacial score (nSPS) is 10.1. The summed E-state index contributed by atoms with van der Waals surface area (Å²) in [4.78, 5) is 13.7. The lowest BCUT2D eigenvalue weighted by molar-refractivity contribution is -0.117. The topological polar surface area (TPSA) is 82.2 Å². The molecule has 0 fully saturated rings. The number of nitrogens with two attached hydrogens (primary N) is 1. The van der Waals surface area contributed by atoms with Gasteiger partial charge in [0.05, 0.1) is 12.6 Å². The van der Waals surface area contributed by atoms with Crippen LogP contribution in [0.5, 0.6) is 0 Å². The number of nitrogen functional groups attached to an aromatic ring is 1. The number of hydrogen-bond acceptors (Lipinski definition) is 4. The van der Waals surface area contributed by atoms with Crippen LogP contribution in [0.15, 0.2) is 24.3 Å². The van der Waals surface area contributed by atoms with E-state index in [2.05, 4.69) is 11.4 Å². The molecular weight excluding hydrogens is 228 g/mol. The summed E-state index contributed by atoms with van der Waals surface area (Å²) in [5.74, 6) is -0.0837. The smallest absolute Gasteiger partial charge is 0.238 e. The Morgan fingerprint density at radius 1 is 1.44 bits per heavy atom. The van der Waals surface area contributed by atoms with Crippen molar-refractivity contribution in [1.82, 2.24) is 4.90 Å². The Hall–Kier alpha value is -2.06. The Morgan fingerprint density at radius 3 is 2.67 bits per heavy atom. The molecule has 0 radical (unpaired) electrons. The molecule has 18 heavy (non-hydrogen) atoms. The lowest BCUT2D eigenvalue weighted by atomic mass is 10.3. The van der Waals surface area contributed by atoms with E-state index in [4.69, 9.17) is 11.0 Å². The summed E-state index contributed by atoms with van der Waals surface area (Å²) in [7, 11) is 0. The Morgan fingerprint density at radius 2 is 2.11 bits per heavy atom. The van der Waals surface area contributed by atoms with Crippen LogP contribution in [0.25, 0.3) is 0 Å². The van der Waals surface area contributed by atoms with E-state index in [1.807, 2.05) is 11.8 Å². The SMILES string of the molecule is CCN(CCC#N)CC(=O)Nc1ccc(N)cc1. The number of hydrogen-bond donors (Lipinski definition) is 2. The van der Waals surface area contributed by atoms with Gasteiger partial charge >= 0.3 is 0 Å². The first-order valence-electron chi connectivity index (χ1n) is 5.90. The summed E-state index contributed by atoms with van der Waals surface area (Å²) in [5, 5.41) is 11.3. The highest BCUT2D eigenvalue weighted by Crippen LogP contribution is 2.10. The predicted octanol–water partition coefficient (Wildman–Crippen LogP) is 1.44.